The van der Waals surface area contributed by atoms with Crippen molar-refractivity contribution in [2.24, 2.45) is 0 Å². The minimum Gasteiger partial charge on any atom is -0.493 e. The van der Waals surface area contributed by atoms with Gasteiger partial charge in [0.25, 0.3) is 5.91 Å². The fraction of sp³-hybridized carbons (Fsp3) is 0.308. The zero-order valence-electron chi connectivity index (χ0n) is 19.5. The van der Waals surface area contributed by atoms with Gasteiger partial charge < -0.3 is 9.64 Å². The van der Waals surface area contributed by atoms with Gasteiger partial charge in [0.15, 0.2) is 10.9 Å². The molecule has 0 bridgehead atoms. The summed E-state index contributed by atoms with van der Waals surface area (Å²) in [5.41, 5.74) is 0.496. The van der Waals surface area contributed by atoms with Crippen molar-refractivity contribution in [1.29, 1.82) is 0 Å². The Morgan fingerprint density at radius 2 is 1.79 bits per heavy atom. The first-order chi connectivity index (χ1) is 16.5. The van der Waals surface area contributed by atoms with Crippen LogP contribution in [0.4, 0.5) is 13.9 Å². The summed E-state index contributed by atoms with van der Waals surface area (Å²) >= 11 is 1.10. The number of aromatic nitrogens is 1. The third kappa shape index (κ3) is 4.74. The SMILES string of the molecule is CCOc1ccc2ccccc2c1C(=O)N(CCN(CC)CC)c1nc2c(F)cc(F)cc2s1. The molecule has 0 unspecified atom stereocenters. The predicted octanol–water partition coefficient (Wildman–Crippen LogP) is 6.12. The number of carbonyl (C=O) groups is 1. The van der Waals surface area contributed by atoms with Crippen molar-refractivity contribution in [1.82, 2.24) is 9.88 Å². The zero-order valence-corrected chi connectivity index (χ0v) is 20.3. The van der Waals surface area contributed by atoms with Crippen LogP contribution in [0.2, 0.25) is 0 Å². The second kappa shape index (κ2) is 10.4. The molecule has 0 spiro atoms. The highest BCUT2D eigenvalue weighted by molar-refractivity contribution is 7.22. The molecule has 3 aromatic carbocycles. The van der Waals surface area contributed by atoms with E-state index >= 15 is 0 Å². The highest BCUT2D eigenvalue weighted by Gasteiger charge is 2.27. The predicted molar refractivity (Wildman–Crippen MR) is 134 cm³/mol. The quantitative estimate of drug-likeness (QED) is 0.288. The number of anilines is 1. The van der Waals surface area contributed by atoms with E-state index < -0.39 is 11.6 Å². The van der Waals surface area contributed by atoms with Crippen LogP contribution in [0.15, 0.2) is 48.5 Å². The van der Waals surface area contributed by atoms with Gasteiger partial charge in [-0.05, 0) is 42.9 Å². The lowest BCUT2D eigenvalue weighted by Gasteiger charge is -2.26. The first-order valence-electron chi connectivity index (χ1n) is 11.4. The van der Waals surface area contributed by atoms with Gasteiger partial charge in [0.2, 0.25) is 0 Å². The summed E-state index contributed by atoms with van der Waals surface area (Å²) in [6.45, 7) is 9.01. The molecule has 1 aromatic heterocycles. The maximum absolute atomic E-state index is 14.4. The van der Waals surface area contributed by atoms with Crippen molar-refractivity contribution >= 4 is 43.4 Å². The van der Waals surface area contributed by atoms with Crippen LogP contribution in [0, 0.1) is 11.6 Å². The number of carbonyl (C=O) groups excluding carboxylic acids is 1. The Morgan fingerprint density at radius 3 is 2.53 bits per heavy atom. The summed E-state index contributed by atoms with van der Waals surface area (Å²) in [6.07, 6.45) is 0. The van der Waals surface area contributed by atoms with Gasteiger partial charge in [-0.3, -0.25) is 9.69 Å². The number of rotatable bonds is 9. The number of amides is 1. The molecule has 4 aromatic rings. The molecular weight excluding hydrogens is 456 g/mol. The van der Waals surface area contributed by atoms with Gasteiger partial charge in [-0.2, -0.15) is 0 Å². The Balaban J connectivity index is 1.85. The maximum atomic E-state index is 14.4. The van der Waals surface area contributed by atoms with Crippen LogP contribution in [0.3, 0.4) is 0 Å². The molecule has 0 aliphatic heterocycles. The topological polar surface area (TPSA) is 45.7 Å². The van der Waals surface area contributed by atoms with E-state index in [2.05, 4.69) is 23.7 Å². The van der Waals surface area contributed by atoms with Gasteiger partial charge >= 0.3 is 0 Å². The largest absolute Gasteiger partial charge is 0.493 e. The minimum atomic E-state index is -0.742. The highest BCUT2D eigenvalue weighted by atomic mass is 32.1. The molecule has 0 N–H and O–H groups in total. The van der Waals surface area contributed by atoms with E-state index in [-0.39, 0.29) is 11.4 Å². The Hall–Kier alpha value is -3.10. The highest BCUT2D eigenvalue weighted by Crippen LogP contribution is 2.35. The number of benzene rings is 3. The number of thiazole rings is 1. The van der Waals surface area contributed by atoms with E-state index in [1.165, 1.54) is 6.07 Å². The third-order valence-electron chi connectivity index (χ3n) is 5.82. The van der Waals surface area contributed by atoms with Crippen LogP contribution in [-0.4, -0.2) is 48.6 Å². The zero-order chi connectivity index (χ0) is 24.2. The van der Waals surface area contributed by atoms with Crippen molar-refractivity contribution in [2.75, 3.05) is 37.7 Å². The number of hydrogen-bond donors (Lipinski definition) is 0. The Morgan fingerprint density at radius 1 is 1.03 bits per heavy atom. The van der Waals surface area contributed by atoms with Crippen molar-refractivity contribution in [3.63, 3.8) is 0 Å². The van der Waals surface area contributed by atoms with Crippen molar-refractivity contribution in [3.05, 3.63) is 65.7 Å². The number of likely N-dealkylation sites (N-methyl/N-ethyl adjacent to an activating group) is 1. The second-order valence-electron chi connectivity index (χ2n) is 7.81. The van der Waals surface area contributed by atoms with E-state index in [0.717, 1.165) is 41.3 Å². The molecule has 0 fully saturated rings. The molecule has 4 rings (SSSR count). The molecule has 0 saturated carbocycles. The summed E-state index contributed by atoms with van der Waals surface area (Å²) < 4.78 is 34.4. The van der Waals surface area contributed by atoms with E-state index in [4.69, 9.17) is 4.74 Å². The van der Waals surface area contributed by atoms with Gasteiger partial charge in [-0.15, -0.1) is 0 Å². The van der Waals surface area contributed by atoms with Gasteiger partial charge in [0.1, 0.15) is 17.1 Å². The molecule has 1 amide bonds. The van der Waals surface area contributed by atoms with E-state index in [0.29, 0.717) is 40.8 Å². The lowest BCUT2D eigenvalue weighted by Crippen LogP contribution is -2.39. The van der Waals surface area contributed by atoms with Crippen LogP contribution in [0.25, 0.3) is 21.0 Å². The molecule has 5 nitrogen and oxygen atoms in total. The van der Waals surface area contributed by atoms with E-state index in [1.807, 2.05) is 37.3 Å². The molecule has 34 heavy (non-hydrogen) atoms. The summed E-state index contributed by atoms with van der Waals surface area (Å²) in [5.74, 6) is -1.22. The molecule has 0 aliphatic carbocycles. The van der Waals surface area contributed by atoms with Crippen LogP contribution < -0.4 is 9.64 Å². The molecule has 0 radical (unpaired) electrons. The van der Waals surface area contributed by atoms with E-state index in [9.17, 15) is 13.6 Å². The summed E-state index contributed by atoms with van der Waals surface area (Å²) in [4.78, 5) is 22.3. The van der Waals surface area contributed by atoms with Gasteiger partial charge in [-0.25, -0.2) is 13.8 Å². The molecule has 0 saturated heterocycles. The van der Waals surface area contributed by atoms with Gasteiger partial charge in [0, 0.05) is 19.2 Å². The smallest absolute Gasteiger partial charge is 0.264 e. The Kier molecular flexibility index (Phi) is 7.38. The van der Waals surface area contributed by atoms with E-state index in [1.54, 1.807) is 11.0 Å². The van der Waals surface area contributed by atoms with Crippen LogP contribution in [0.5, 0.6) is 5.75 Å². The first kappa shape index (κ1) is 24.0. The average molecular weight is 484 g/mol. The molecule has 0 aliphatic rings. The fourth-order valence-corrected chi connectivity index (χ4v) is 5.04. The molecule has 8 heteroatoms. The Bertz CT molecular complexity index is 1320. The molecular formula is C26H27F2N3O2S. The number of hydrogen-bond acceptors (Lipinski definition) is 5. The average Bonchev–Trinajstić information content (AvgIpc) is 3.25. The number of halogens is 2. The Labute approximate surface area is 201 Å². The van der Waals surface area contributed by atoms with Crippen LogP contribution >= 0.6 is 11.3 Å². The number of fused-ring (bicyclic) bond motifs is 2. The fourth-order valence-electron chi connectivity index (χ4n) is 4.01. The second-order valence-corrected chi connectivity index (χ2v) is 8.82. The standard InChI is InChI=1S/C26H27F2N3O2S/c1-4-30(5-2)13-14-31(26-29-24-20(28)15-18(27)16-22(24)34-26)25(32)23-19-10-8-7-9-17(19)11-12-21(23)33-6-3/h7-12,15-16H,4-6,13-14H2,1-3H3. The van der Waals surface area contributed by atoms with Gasteiger partial charge in [0.05, 0.1) is 16.9 Å². The lowest BCUT2D eigenvalue weighted by atomic mass is 10.0. The first-order valence-corrected chi connectivity index (χ1v) is 12.2. The molecule has 0 atom stereocenters. The molecule has 1 heterocycles. The number of ether oxygens (including phenoxy) is 1. The summed E-state index contributed by atoms with van der Waals surface area (Å²) in [7, 11) is 0. The van der Waals surface area contributed by atoms with Crippen molar-refractivity contribution in [3.8, 4) is 5.75 Å². The summed E-state index contributed by atoms with van der Waals surface area (Å²) in [5, 5.41) is 2.01. The summed E-state index contributed by atoms with van der Waals surface area (Å²) in [6, 6.07) is 13.4. The van der Waals surface area contributed by atoms with Crippen LogP contribution in [0.1, 0.15) is 31.1 Å². The third-order valence-corrected chi connectivity index (χ3v) is 6.84. The maximum Gasteiger partial charge on any atom is 0.264 e. The van der Waals surface area contributed by atoms with Crippen molar-refractivity contribution < 1.29 is 18.3 Å². The van der Waals surface area contributed by atoms with Crippen molar-refractivity contribution in [2.45, 2.75) is 20.8 Å². The van der Waals surface area contributed by atoms with Gasteiger partial charge in [-0.1, -0.05) is 55.5 Å². The molecule has 178 valence electrons. The monoisotopic (exact) mass is 483 g/mol. The minimum absolute atomic E-state index is 0.0602. The van der Waals surface area contributed by atoms with Crippen LogP contribution in [-0.2, 0) is 0 Å². The number of nitrogens with zero attached hydrogens (tertiary/aromatic N) is 3. The normalized spacial score (nSPS) is 11.5. The lowest BCUT2D eigenvalue weighted by molar-refractivity contribution is 0.0982.